The quantitative estimate of drug-likeness (QED) is 0.372. The number of hydrogen-bond donors (Lipinski definition) is 0. The Hall–Kier alpha value is 0.367. The first-order valence-corrected chi connectivity index (χ1v) is 11.5. The summed E-state index contributed by atoms with van der Waals surface area (Å²) in [7, 11) is -2.61. The van der Waals surface area contributed by atoms with Crippen molar-refractivity contribution in [1.82, 2.24) is 0 Å². The van der Waals surface area contributed by atoms with Crippen molar-refractivity contribution >= 4 is 20.6 Å². The topological polar surface area (TPSA) is 46.2 Å². The van der Waals surface area contributed by atoms with Crippen LogP contribution in [0.15, 0.2) is 0 Å². The van der Waals surface area contributed by atoms with E-state index in [2.05, 4.69) is 6.92 Å². The lowest BCUT2D eigenvalue weighted by atomic mass is 10.3. The van der Waals surface area contributed by atoms with Crippen LogP contribution >= 0.6 is 11.8 Å². The molecule has 0 radical (unpaired) electrons. The summed E-state index contributed by atoms with van der Waals surface area (Å²) in [6, 6.07) is 0.667. The molecule has 0 saturated carbocycles. The van der Waals surface area contributed by atoms with Gasteiger partial charge in [0, 0.05) is 25.9 Å². The SMILES string of the molecule is CCO[Si](CCOC(CC)OC1CCCS1)(OCC)OCC. The molecule has 1 aliphatic rings. The van der Waals surface area contributed by atoms with Crippen molar-refractivity contribution in [2.24, 2.45) is 0 Å². The minimum Gasteiger partial charge on any atom is -0.374 e. The highest BCUT2D eigenvalue weighted by molar-refractivity contribution is 8.00. The molecule has 2 atom stereocenters. The monoisotopic (exact) mass is 352 g/mol. The Labute approximate surface area is 140 Å². The van der Waals surface area contributed by atoms with Crippen molar-refractivity contribution in [2.75, 3.05) is 32.2 Å². The van der Waals surface area contributed by atoms with Gasteiger partial charge in [0.15, 0.2) is 6.29 Å². The Morgan fingerprint density at radius 3 is 2.14 bits per heavy atom. The summed E-state index contributed by atoms with van der Waals surface area (Å²) >= 11 is 1.88. The molecule has 0 bridgehead atoms. The van der Waals surface area contributed by atoms with Crippen molar-refractivity contribution in [3.63, 3.8) is 0 Å². The predicted molar refractivity (Wildman–Crippen MR) is 92.0 cm³/mol. The average molecular weight is 353 g/mol. The summed E-state index contributed by atoms with van der Waals surface area (Å²) in [5.74, 6) is 1.19. The van der Waals surface area contributed by atoms with E-state index in [1.807, 2.05) is 32.5 Å². The van der Waals surface area contributed by atoms with Gasteiger partial charge < -0.3 is 22.8 Å². The number of rotatable bonds is 13. The smallest absolute Gasteiger partial charge is 0.374 e. The number of hydrogen-bond acceptors (Lipinski definition) is 6. The van der Waals surface area contributed by atoms with Crippen LogP contribution in [-0.2, 0) is 22.8 Å². The van der Waals surface area contributed by atoms with Crippen LogP contribution < -0.4 is 0 Å². The van der Waals surface area contributed by atoms with Crippen LogP contribution in [0, 0.1) is 0 Å². The third kappa shape index (κ3) is 7.29. The molecule has 2 unspecified atom stereocenters. The fourth-order valence-electron chi connectivity index (χ4n) is 2.39. The summed E-state index contributed by atoms with van der Waals surface area (Å²) in [4.78, 5) is 0. The van der Waals surface area contributed by atoms with Crippen LogP contribution in [0.25, 0.3) is 0 Å². The van der Waals surface area contributed by atoms with Gasteiger partial charge in [-0.1, -0.05) is 6.92 Å². The Morgan fingerprint density at radius 2 is 1.68 bits per heavy atom. The number of thioether (sulfide) groups is 1. The van der Waals surface area contributed by atoms with Gasteiger partial charge in [0.05, 0.1) is 6.61 Å². The first-order chi connectivity index (χ1) is 10.7. The van der Waals surface area contributed by atoms with E-state index in [0.717, 1.165) is 12.8 Å². The Bertz CT molecular complexity index is 260. The molecule has 1 rings (SSSR count). The second-order valence-electron chi connectivity index (χ2n) is 5.02. The second kappa shape index (κ2) is 11.8. The van der Waals surface area contributed by atoms with E-state index in [9.17, 15) is 0 Å². The van der Waals surface area contributed by atoms with Crippen molar-refractivity contribution in [1.29, 1.82) is 0 Å². The minimum absolute atomic E-state index is 0.146. The highest BCUT2D eigenvalue weighted by Gasteiger charge is 2.40. The van der Waals surface area contributed by atoms with Gasteiger partial charge in [-0.2, -0.15) is 0 Å². The summed E-state index contributed by atoms with van der Waals surface area (Å²) < 4.78 is 29.4. The van der Waals surface area contributed by atoms with E-state index in [4.69, 9.17) is 22.8 Å². The van der Waals surface area contributed by atoms with Gasteiger partial charge in [-0.05, 0) is 45.8 Å². The maximum Gasteiger partial charge on any atom is 0.503 e. The zero-order valence-corrected chi connectivity index (χ0v) is 16.3. The fraction of sp³-hybridized carbons (Fsp3) is 1.00. The first kappa shape index (κ1) is 20.4. The summed E-state index contributed by atoms with van der Waals surface area (Å²) in [5.41, 5.74) is 0.289. The highest BCUT2D eigenvalue weighted by Crippen LogP contribution is 2.29. The Kier molecular flexibility index (Phi) is 11.0. The Balaban J connectivity index is 2.40. The number of ether oxygens (including phenoxy) is 2. The van der Waals surface area contributed by atoms with Crippen molar-refractivity contribution in [2.45, 2.75) is 64.7 Å². The lowest BCUT2D eigenvalue weighted by Crippen LogP contribution is -2.47. The van der Waals surface area contributed by atoms with E-state index in [1.165, 1.54) is 12.2 Å². The molecule has 5 nitrogen and oxygen atoms in total. The predicted octanol–water partition coefficient (Wildman–Crippen LogP) is 3.66. The molecule has 0 spiro atoms. The zero-order valence-electron chi connectivity index (χ0n) is 14.5. The van der Waals surface area contributed by atoms with Gasteiger partial charge >= 0.3 is 8.80 Å². The lowest BCUT2D eigenvalue weighted by molar-refractivity contribution is -0.150. The molecule has 0 aromatic carbocycles. The van der Waals surface area contributed by atoms with E-state index in [1.54, 1.807) is 0 Å². The standard InChI is InChI=1S/C15H32O5SSi/c1-5-14(20-15-10-9-12-21-15)16-11-13-22(17-6-2,18-7-3)19-8-4/h14-15H,5-13H2,1-4H3. The average Bonchev–Trinajstić information content (AvgIpc) is 3.00. The molecular formula is C15H32O5SSi. The summed E-state index contributed by atoms with van der Waals surface area (Å²) in [5, 5.41) is 0. The molecule has 1 aliphatic heterocycles. The molecule has 0 aliphatic carbocycles. The van der Waals surface area contributed by atoms with Crippen LogP contribution in [0.1, 0.15) is 47.0 Å². The largest absolute Gasteiger partial charge is 0.503 e. The van der Waals surface area contributed by atoms with Gasteiger partial charge in [0.25, 0.3) is 0 Å². The molecule has 7 heteroatoms. The fourth-order valence-corrected chi connectivity index (χ4v) is 5.90. The summed E-state index contributed by atoms with van der Waals surface area (Å²) in [6.07, 6.45) is 3.07. The lowest BCUT2D eigenvalue weighted by Gasteiger charge is -2.29. The van der Waals surface area contributed by atoms with Crippen LogP contribution in [0.4, 0.5) is 0 Å². The molecule has 1 saturated heterocycles. The maximum atomic E-state index is 5.99. The van der Waals surface area contributed by atoms with Crippen LogP contribution in [0.2, 0.25) is 6.04 Å². The van der Waals surface area contributed by atoms with Crippen molar-refractivity contribution < 1.29 is 22.8 Å². The van der Waals surface area contributed by atoms with E-state index >= 15 is 0 Å². The van der Waals surface area contributed by atoms with Gasteiger partial charge in [-0.15, -0.1) is 11.8 Å². The van der Waals surface area contributed by atoms with Crippen molar-refractivity contribution in [3.05, 3.63) is 0 Å². The van der Waals surface area contributed by atoms with Crippen LogP contribution in [-0.4, -0.2) is 52.7 Å². The van der Waals surface area contributed by atoms with Gasteiger partial charge in [0.2, 0.25) is 0 Å². The highest BCUT2D eigenvalue weighted by atomic mass is 32.2. The van der Waals surface area contributed by atoms with Gasteiger partial charge in [-0.3, -0.25) is 0 Å². The molecular weight excluding hydrogens is 320 g/mol. The van der Waals surface area contributed by atoms with E-state index < -0.39 is 8.80 Å². The Morgan fingerprint density at radius 1 is 1.05 bits per heavy atom. The third-order valence-corrected chi connectivity index (χ3v) is 7.57. The molecule has 22 heavy (non-hydrogen) atoms. The second-order valence-corrected chi connectivity index (χ2v) is 9.02. The normalized spacial score (nSPS) is 20.5. The first-order valence-electron chi connectivity index (χ1n) is 8.50. The maximum absolute atomic E-state index is 5.99. The molecule has 0 aromatic rings. The minimum atomic E-state index is -2.61. The molecule has 0 amide bonds. The summed E-state index contributed by atoms with van der Waals surface area (Å²) in [6.45, 7) is 10.3. The van der Waals surface area contributed by atoms with Crippen LogP contribution in [0.3, 0.4) is 0 Å². The van der Waals surface area contributed by atoms with Gasteiger partial charge in [0.1, 0.15) is 5.44 Å². The molecule has 132 valence electrons. The third-order valence-electron chi connectivity index (χ3n) is 3.33. The van der Waals surface area contributed by atoms with E-state index in [-0.39, 0.29) is 11.7 Å². The zero-order chi connectivity index (χ0) is 16.3. The van der Waals surface area contributed by atoms with Crippen LogP contribution in [0.5, 0.6) is 0 Å². The van der Waals surface area contributed by atoms with E-state index in [0.29, 0.717) is 32.5 Å². The van der Waals surface area contributed by atoms with Crippen molar-refractivity contribution in [3.8, 4) is 0 Å². The molecule has 1 fully saturated rings. The molecule has 0 N–H and O–H groups in total. The molecule has 1 heterocycles. The van der Waals surface area contributed by atoms with Gasteiger partial charge in [-0.25, -0.2) is 0 Å². The molecule has 0 aromatic heterocycles.